The Bertz CT molecular complexity index is 203. The zero-order valence-electron chi connectivity index (χ0n) is 6.07. The fourth-order valence-electron chi connectivity index (χ4n) is 0.839. The molecule has 2 nitrogen and oxygen atoms in total. The number of pyridine rings is 1. The SMILES string of the molecule is OCC(Br)Cc1cccnc1. The van der Waals surface area contributed by atoms with Crippen LogP contribution in [0.3, 0.4) is 0 Å². The van der Waals surface area contributed by atoms with Gasteiger partial charge in [0.2, 0.25) is 0 Å². The van der Waals surface area contributed by atoms with E-state index in [0.717, 1.165) is 12.0 Å². The lowest BCUT2D eigenvalue weighted by atomic mass is 10.2. The first-order valence-electron chi connectivity index (χ1n) is 3.46. The Morgan fingerprint density at radius 2 is 2.45 bits per heavy atom. The summed E-state index contributed by atoms with van der Waals surface area (Å²) in [7, 11) is 0. The second-order valence-corrected chi connectivity index (χ2v) is 3.64. The monoisotopic (exact) mass is 215 g/mol. The standard InChI is InChI=1S/C8H10BrNO/c9-8(6-11)4-7-2-1-3-10-5-7/h1-3,5,8,11H,4,6H2. The number of aliphatic hydroxyl groups is 1. The third-order valence-corrected chi connectivity index (χ3v) is 1.99. The number of nitrogens with zero attached hydrogens (tertiary/aromatic N) is 1. The molecular weight excluding hydrogens is 206 g/mol. The van der Waals surface area contributed by atoms with Gasteiger partial charge in [-0.1, -0.05) is 22.0 Å². The zero-order valence-corrected chi connectivity index (χ0v) is 7.66. The summed E-state index contributed by atoms with van der Waals surface area (Å²) in [5, 5.41) is 8.73. The van der Waals surface area contributed by atoms with Gasteiger partial charge in [-0.2, -0.15) is 0 Å². The van der Waals surface area contributed by atoms with Gasteiger partial charge in [0.1, 0.15) is 0 Å². The summed E-state index contributed by atoms with van der Waals surface area (Å²) in [4.78, 5) is 4.11. The second kappa shape index (κ2) is 4.46. The molecule has 1 rings (SSSR count). The van der Waals surface area contributed by atoms with Crippen molar-refractivity contribution < 1.29 is 5.11 Å². The maximum Gasteiger partial charge on any atom is 0.0559 e. The van der Waals surface area contributed by atoms with Gasteiger partial charge in [0.05, 0.1) is 6.61 Å². The van der Waals surface area contributed by atoms with Crippen LogP contribution in [0.1, 0.15) is 5.56 Å². The van der Waals surface area contributed by atoms with Crippen LogP contribution < -0.4 is 0 Å². The van der Waals surface area contributed by atoms with E-state index in [-0.39, 0.29) is 11.4 Å². The lowest BCUT2D eigenvalue weighted by Crippen LogP contribution is -2.07. The smallest absolute Gasteiger partial charge is 0.0559 e. The molecule has 0 spiro atoms. The molecule has 1 aromatic rings. The van der Waals surface area contributed by atoms with Crippen LogP contribution in [0.2, 0.25) is 0 Å². The number of alkyl halides is 1. The summed E-state index contributed by atoms with van der Waals surface area (Å²) in [6.07, 6.45) is 4.37. The van der Waals surface area contributed by atoms with Gasteiger partial charge in [0, 0.05) is 17.2 Å². The summed E-state index contributed by atoms with van der Waals surface area (Å²) in [6.45, 7) is 0.162. The van der Waals surface area contributed by atoms with E-state index in [1.54, 1.807) is 6.20 Å². The topological polar surface area (TPSA) is 33.1 Å². The van der Waals surface area contributed by atoms with E-state index in [2.05, 4.69) is 20.9 Å². The van der Waals surface area contributed by atoms with E-state index in [4.69, 9.17) is 5.11 Å². The van der Waals surface area contributed by atoms with Gasteiger partial charge in [-0.05, 0) is 18.1 Å². The molecule has 0 radical (unpaired) electrons. The van der Waals surface area contributed by atoms with E-state index in [1.807, 2.05) is 18.3 Å². The van der Waals surface area contributed by atoms with Crippen molar-refractivity contribution in [2.45, 2.75) is 11.2 Å². The maximum atomic E-state index is 8.73. The van der Waals surface area contributed by atoms with Gasteiger partial charge >= 0.3 is 0 Å². The first kappa shape index (κ1) is 8.68. The fraction of sp³-hybridized carbons (Fsp3) is 0.375. The van der Waals surface area contributed by atoms with Crippen LogP contribution in [0.5, 0.6) is 0 Å². The van der Waals surface area contributed by atoms with Crippen LogP contribution in [0.4, 0.5) is 0 Å². The Morgan fingerprint density at radius 1 is 1.64 bits per heavy atom. The summed E-state index contributed by atoms with van der Waals surface area (Å²) in [5.74, 6) is 0. The van der Waals surface area contributed by atoms with Crippen molar-refractivity contribution in [3.63, 3.8) is 0 Å². The average Bonchev–Trinajstić information content (AvgIpc) is 2.06. The van der Waals surface area contributed by atoms with Crippen LogP contribution in [-0.2, 0) is 6.42 Å². The number of aliphatic hydroxyl groups excluding tert-OH is 1. The molecule has 1 atom stereocenters. The molecule has 60 valence electrons. The molecule has 1 N–H and O–H groups in total. The molecule has 0 amide bonds. The van der Waals surface area contributed by atoms with Crippen LogP contribution in [0.15, 0.2) is 24.5 Å². The lowest BCUT2D eigenvalue weighted by Gasteiger charge is -2.04. The van der Waals surface area contributed by atoms with Gasteiger partial charge in [-0.3, -0.25) is 4.98 Å². The number of aromatic nitrogens is 1. The summed E-state index contributed by atoms with van der Waals surface area (Å²) in [6, 6.07) is 3.89. The summed E-state index contributed by atoms with van der Waals surface area (Å²) < 4.78 is 0. The first-order chi connectivity index (χ1) is 5.33. The normalized spacial score (nSPS) is 12.9. The highest BCUT2D eigenvalue weighted by atomic mass is 79.9. The van der Waals surface area contributed by atoms with Crippen molar-refractivity contribution in [2.75, 3.05) is 6.61 Å². The third-order valence-electron chi connectivity index (χ3n) is 1.38. The Morgan fingerprint density at radius 3 is 3.00 bits per heavy atom. The van der Waals surface area contributed by atoms with E-state index in [1.165, 1.54) is 0 Å². The van der Waals surface area contributed by atoms with Crippen molar-refractivity contribution in [3.05, 3.63) is 30.1 Å². The van der Waals surface area contributed by atoms with E-state index in [9.17, 15) is 0 Å². The van der Waals surface area contributed by atoms with Crippen molar-refractivity contribution in [2.24, 2.45) is 0 Å². The minimum Gasteiger partial charge on any atom is -0.395 e. The maximum absolute atomic E-state index is 8.73. The average molecular weight is 216 g/mol. The van der Waals surface area contributed by atoms with Crippen LogP contribution in [0, 0.1) is 0 Å². The van der Waals surface area contributed by atoms with E-state index < -0.39 is 0 Å². The van der Waals surface area contributed by atoms with Crippen molar-refractivity contribution in [1.82, 2.24) is 4.98 Å². The molecule has 0 bridgehead atoms. The van der Waals surface area contributed by atoms with Crippen molar-refractivity contribution in [3.8, 4) is 0 Å². The Kier molecular flexibility index (Phi) is 3.52. The number of hydrogen-bond acceptors (Lipinski definition) is 2. The van der Waals surface area contributed by atoms with E-state index >= 15 is 0 Å². The van der Waals surface area contributed by atoms with Crippen LogP contribution in [0.25, 0.3) is 0 Å². The van der Waals surface area contributed by atoms with Gasteiger partial charge in [0.15, 0.2) is 0 Å². The molecule has 0 fully saturated rings. The molecule has 1 unspecified atom stereocenters. The number of hydrogen-bond donors (Lipinski definition) is 1. The predicted octanol–water partition coefficient (Wildman–Crippen LogP) is 1.38. The van der Waals surface area contributed by atoms with Gasteiger partial charge in [0.25, 0.3) is 0 Å². The van der Waals surface area contributed by atoms with E-state index in [0.29, 0.717) is 0 Å². The highest BCUT2D eigenvalue weighted by molar-refractivity contribution is 9.09. The second-order valence-electron chi connectivity index (χ2n) is 2.35. The minimum atomic E-state index is 0.145. The van der Waals surface area contributed by atoms with Crippen LogP contribution in [-0.4, -0.2) is 21.5 Å². The largest absolute Gasteiger partial charge is 0.395 e. The minimum absolute atomic E-state index is 0.145. The molecule has 0 aliphatic heterocycles. The van der Waals surface area contributed by atoms with Crippen LogP contribution >= 0.6 is 15.9 Å². The highest BCUT2D eigenvalue weighted by Gasteiger charge is 2.02. The quantitative estimate of drug-likeness (QED) is 0.774. The zero-order chi connectivity index (χ0) is 8.10. The third kappa shape index (κ3) is 2.99. The fourth-order valence-corrected chi connectivity index (χ4v) is 1.21. The van der Waals surface area contributed by atoms with Gasteiger partial charge in [-0.15, -0.1) is 0 Å². The molecule has 0 aromatic carbocycles. The summed E-state index contributed by atoms with van der Waals surface area (Å²) >= 11 is 3.34. The molecule has 1 aromatic heterocycles. The molecule has 0 aliphatic rings. The van der Waals surface area contributed by atoms with Crippen molar-refractivity contribution >= 4 is 15.9 Å². The molecule has 11 heavy (non-hydrogen) atoms. The predicted molar refractivity (Wildman–Crippen MR) is 47.7 cm³/mol. The Labute approximate surface area is 74.4 Å². The molecule has 0 aliphatic carbocycles. The number of halogens is 1. The van der Waals surface area contributed by atoms with Gasteiger partial charge in [-0.25, -0.2) is 0 Å². The number of rotatable bonds is 3. The summed E-state index contributed by atoms with van der Waals surface area (Å²) in [5.41, 5.74) is 1.14. The Hall–Kier alpha value is -0.410. The Balaban J connectivity index is 2.51. The molecule has 0 saturated heterocycles. The van der Waals surface area contributed by atoms with Gasteiger partial charge < -0.3 is 5.11 Å². The van der Waals surface area contributed by atoms with Crippen molar-refractivity contribution in [1.29, 1.82) is 0 Å². The molecule has 1 heterocycles. The molecule has 3 heteroatoms. The first-order valence-corrected chi connectivity index (χ1v) is 4.38. The molecule has 0 saturated carbocycles. The molecular formula is C8H10BrNO. The lowest BCUT2D eigenvalue weighted by molar-refractivity contribution is 0.296. The highest BCUT2D eigenvalue weighted by Crippen LogP contribution is 2.07.